The highest BCUT2D eigenvalue weighted by Gasteiger charge is 2.28. The van der Waals surface area contributed by atoms with Crippen LogP contribution < -0.4 is 15.8 Å². The Morgan fingerprint density at radius 3 is 2.59 bits per heavy atom. The van der Waals surface area contributed by atoms with Crippen LogP contribution in [0.4, 0.5) is 10.5 Å². The highest BCUT2D eigenvalue weighted by molar-refractivity contribution is 6.05. The highest BCUT2D eigenvalue weighted by Crippen LogP contribution is 2.18. The van der Waals surface area contributed by atoms with Crippen LogP contribution in [0.1, 0.15) is 26.0 Å². The number of anilines is 1. The van der Waals surface area contributed by atoms with E-state index < -0.39 is 11.6 Å². The zero-order chi connectivity index (χ0) is 16.3. The molecule has 1 aliphatic rings. The maximum absolute atomic E-state index is 12.1. The second-order valence-corrected chi connectivity index (χ2v) is 4.53. The third kappa shape index (κ3) is 2.69. The van der Waals surface area contributed by atoms with Crippen LogP contribution in [0.15, 0.2) is 29.2 Å². The van der Waals surface area contributed by atoms with Gasteiger partial charge in [-0.25, -0.2) is 4.79 Å². The van der Waals surface area contributed by atoms with Crippen molar-refractivity contribution in [2.24, 2.45) is 0 Å². The van der Waals surface area contributed by atoms with Gasteiger partial charge < -0.3 is 4.40 Å². The molecular weight excluding hydrogens is 284 g/mol. The van der Waals surface area contributed by atoms with Crippen LogP contribution in [-0.2, 0) is 4.79 Å². The Balaban J connectivity index is 0.000000847. The fraction of sp³-hybridized carbons (Fsp3) is 0.333. The number of nitrogens with zero attached hydrogens (tertiary/aromatic N) is 3. The first-order chi connectivity index (χ1) is 10.6. The van der Waals surface area contributed by atoms with Crippen molar-refractivity contribution in [1.29, 1.82) is 0 Å². The van der Waals surface area contributed by atoms with Crippen molar-refractivity contribution in [1.82, 2.24) is 14.7 Å². The molecule has 0 aliphatic carbocycles. The summed E-state index contributed by atoms with van der Waals surface area (Å²) in [5.41, 5.74) is 0.870. The van der Waals surface area contributed by atoms with Gasteiger partial charge in [-0.3, -0.25) is 19.8 Å². The average molecular weight is 302 g/mol. The summed E-state index contributed by atoms with van der Waals surface area (Å²) in [7, 11) is 0. The van der Waals surface area contributed by atoms with E-state index in [1.54, 1.807) is 29.7 Å². The minimum absolute atomic E-state index is 0.169. The minimum atomic E-state index is -0.584. The van der Waals surface area contributed by atoms with Crippen LogP contribution >= 0.6 is 0 Å². The van der Waals surface area contributed by atoms with Gasteiger partial charge in [0, 0.05) is 19.2 Å². The number of imide groups is 1. The molecule has 0 atom stereocenters. The van der Waals surface area contributed by atoms with Gasteiger partial charge >= 0.3 is 6.03 Å². The van der Waals surface area contributed by atoms with Crippen molar-refractivity contribution in [2.45, 2.75) is 27.2 Å². The Kier molecular flexibility index (Phi) is 4.55. The van der Waals surface area contributed by atoms with E-state index in [4.69, 9.17) is 0 Å². The largest absolute Gasteiger partial charge is 0.328 e. The number of rotatable bonds is 1. The van der Waals surface area contributed by atoms with Crippen LogP contribution in [0.25, 0.3) is 5.65 Å². The van der Waals surface area contributed by atoms with E-state index in [9.17, 15) is 14.4 Å². The summed E-state index contributed by atoms with van der Waals surface area (Å²) in [6.07, 6.45) is 1.94. The average Bonchev–Trinajstić information content (AvgIpc) is 2.51. The molecule has 0 saturated carbocycles. The van der Waals surface area contributed by atoms with E-state index >= 15 is 0 Å². The quantitative estimate of drug-likeness (QED) is 0.864. The monoisotopic (exact) mass is 302 g/mol. The summed E-state index contributed by atoms with van der Waals surface area (Å²) in [6.45, 7) is 5.93. The Morgan fingerprint density at radius 2 is 1.91 bits per heavy atom. The van der Waals surface area contributed by atoms with Gasteiger partial charge in [0.1, 0.15) is 11.3 Å². The predicted molar refractivity (Wildman–Crippen MR) is 83.0 cm³/mol. The zero-order valence-corrected chi connectivity index (χ0v) is 12.8. The summed E-state index contributed by atoms with van der Waals surface area (Å²) in [5.74, 6) is -0.335. The van der Waals surface area contributed by atoms with E-state index in [-0.39, 0.29) is 24.6 Å². The van der Waals surface area contributed by atoms with E-state index in [0.717, 1.165) is 0 Å². The normalized spacial score (nSPS) is 14.4. The Bertz CT molecular complexity index is 782. The van der Waals surface area contributed by atoms with Crippen molar-refractivity contribution < 1.29 is 9.59 Å². The molecule has 0 aromatic carbocycles. The number of urea groups is 1. The maximum Gasteiger partial charge on any atom is 0.328 e. The number of nitrogens with one attached hydrogen (secondary N) is 1. The third-order valence-corrected chi connectivity index (χ3v) is 3.28. The topological polar surface area (TPSA) is 83.8 Å². The van der Waals surface area contributed by atoms with E-state index in [1.165, 1.54) is 4.90 Å². The first-order valence-electron chi connectivity index (χ1n) is 7.17. The van der Waals surface area contributed by atoms with Gasteiger partial charge in [0.05, 0.1) is 5.69 Å². The number of carbonyl (C=O) groups is 2. The lowest BCUT2D eigenvalue weighted by molar-refractivity contribution is -0.120. The number of aryl methyl sites for hydroxylation is 1. The van der Waals surface area contributed by atoms with Gasteiger partial charge in [0.2, 0.25) is 5.91 Å². The number of hydrogen-bond acceptors (Lipinski definition) is 4. The zero-order valence-electron chi connectivity index (χ0n) is 12.8. The number of aromatic nitrogens is 2. The molecule has 2 aromatic heterocycles. The number of hydrogen-bond donors (Lipinski definition) is 1. The second-order valence-electron chi connectivity index (χ2n) is 4.53. The summed E-state index contributed by atoms with van der Waals surface area (Å²) in [5, 5.41) is 2.20. The number of fused-ring (bicyclic) bond motifs is 1. The smallest absolute Gasteiger partial charge is 0.303 e. The fourth-order valence-corrected chi connectivity index (χ4v) is 2.32. The first kappa shape index (κ1) is 15.7. The molecule has 1 aliphatic heterocycles. The molecule has 3 heterocycles. The Hall–Kier alpha value is -2.70. The van der Waals surface area contributed by atoms with Gasteiger partial charge in [-0.1, -0.05) is 19.9 Å². The minimum Gasteiger partial charge on any atom is -0.303 e. The maximum atomic E-state index is 12.1. The Labute approximate surface area is 127 Å². The summed E-state index contributed by atoms with van der Waals surface area (Å²) < 4.78 is 1.74. The Morgan fingerprint density at radius 1 is 1.18 bits per heavy atom. The van der Waals surface area contributed by atoms with Crippen LogP contribution in [0, 0.1) is 6.92 Å². The molecule has 0 unspecified atom stereocenters. The van der Waals surface area contributed by atoms with Crippen molar-refractivity contribution in [3.05, 3.63) is 40.4 Å². The summed E-state index contributed by atoms with van der Waals surface area (Å²) in [6, 6.07) is 4.74. The van der Waals surface area contributed by atoms with Crippen molar-refractivity contribution in [3.63, 3.8) is 0 Å². The molecule has 116 valence electrons. The second kappa shape index (κ2) is 6.38. The first-order valence-corrected chi connectivity index (χ1v) is 7.17. The lowest BCUT2D eigenvalue weighted by atomic mass is 10.2. The molecule has 7 heteroatoms. The lowest BCUT2D eigenvalue weighted by Gasteiger charge is -2.27. The molecule has 0 spiro atoms. The van der Waals surface area contributed by atoms with E-state index in [0.29, 0.717) is 11.3 Å². The van der Waals surface area contributed by atoms with Crippen LogP contribution in [0.2, 0.25) is 0 Å². The molecule has 1 saturated heterocycles. The molecule has 3 amide bonds. The van der Waals surface area contributed by atoms with Gasteiger partial charge in [0.25, 0.3) is 5.56 Å². The van der Waals surface area contributed by atoms with Gasteiger partial charge in [-0.15, -0.1) is 0 Å². The molecule has 1 fully saturated rings. The molecule has 3 rings (SSSR count). The van der Waals surface area contributed by atoms with Crippen molar-refractivity contribution in [2.75, 3.05) is 11.4 Å². The van der Waals surface area contributed by atoms with E-state index in [2.05, 4.69) is 10.3 Å². The van der Waals surface area contributed by atoms with Crippen molar-refractivity contribution in [3.8, 4) is 0 Å². The van der Waals surface area contributed by atoms with Crippen molar-refractivity contribution >= 4 is 23.3 Å². The lowest BCUT2D eigenvalue weighted by Crippen LogP contribution is -2.51. The van der Waals surface area contributed by atoms with E-state index in [1.807, 2.05) is 19.9 Å². The molecule has 7 nitrogen and oxygen atoms in total. The molecular formula is C15H18N4O3. The standard InChI is InChI=1S/C13H12N4O3.C2H6/c1-8-11(17-7-5-10(18)15-13(17)20)12(19)14-9-4-2-3-6-16(8)9;1-2/h2-4,6H,5,7H2,1H3,(H,15,18,20);1-2H3. The van der Waals surface area contributed by atoms with Gasteiger partial charge in [-0.2, -0.15) is 4.98 Å². The molecule has 0 radical (unpaired) electrons. The fourth-order valence-electron chi connectivity index (χ4n) is 2.32. The van der Waals surface area contributed by atoms with Gasteiger partial charge in [-0.05, 0) is 19.1 Å². The van der Waals surface area contributed by atoms with Crippen LogP contribution in [0.5, 0.6) is 0 Å². The number of amides is 3. The number of pyridine rings is 1. The van der Waals surface area contributed by atoms with Crippen LogP contribution in [0.3, 0.4) is 0 Å². The molecule has 1 N–H and O–H groups in total. The SMILES string of the molecule is CC.Cc1c(N2CCC(=O)NC2=O)c(=O)nc2ccccn12. The highest BCUT2D eigenvalue weighted by atomic mass is 16.2. The summed E-state index contributed by atoms with van der Waals surface area (Å²) in [4.78, 5) is 40.4. The molecule has 0 bridgehead atoms. The predicted octanol–water partition coefficient (Wildman–Crippen LogP) is 1.48. The summed E-state index contributed by atoms with van der Waals surface area (Å²) >= 11 is 0. The molecule has 22 heavy (non-hydrogen) atoms. The number of carbonyl (C=O) groups excluding carboxylic acids is 2. The molecule has 2 aromatic rings. The van der Waals surface area contributed by atoms with Crippen LogP contribution in [-0.4, -0.2) is 27.9 Å². The third-order valence-electron chi connectivity index (χ3n) is 3.28. The van der Waals surface area contributed by atoms with Gasteiger partial charge in [0.15, 0.2) is 0 Å².